The molecule has 2 saturated heterocycles. The summed E-state index contributed by atoms with van der Waals surface area (Å²) in [7, 11) is 2.15. The van der Waals surface area contributed by atoms with Crippen LogP contribution in [-0.4, -0.2) is 53.8 Å². The van der Waals surface area contributed by atoms with Gasteiger partial charge in [-0.3, -0.25) is 24.6 Å². The van der Waals surface area contributed by atoms with Gasteiger partial charge in [0.15, 0.2) is 0 Å². The van der Waals surface area contributed by atoms with Gasteiger partial charge in [-0.05, 0) is 86.0 Å². The van der Waals surface area contributed by atoms with Crippen LogP contribution in [0.15, 0.2) is 91.0 Å². The number of primary amides is 1. The third-order valence-corrected chi connectivity index (χ3v) is 8.72. The third-order valence-electron chi connectivity index (χ3n) is 8.72. The van der Waals surface area contributed by atoms with Crippen LogP contribution in [0.5, 0.6) is 11.5 Å². The van der Waals surface area contributed by atoms with Crippen molar-refractivity contribution < 1.29 is 19.1 Å². The van der Waals surface area contributed by atoms with E-state index in [0.29, 0.717) is 35.9 Å². The highest BCUT2D eigenvalue weighted by molar-refractivity contribution is 6.01. The highest BCUT2D eigenvalue weighted by Gasteiger charge is 2.28. The van der Waals surface area contributed by atoms with Crippen molar-refractivity contribution in [2.45, 2.75) is 44.2 Å². The molecule has 0 radical (unpaired) electrons. The van der Waals surface area contributed by atoms with E-state index in [4.69, 9.17) is 15.5 Å². The number of pyridine rings is 1. The molecule has 9 nitrogen and oxygen atoms in total. The van der Waals surface area contributed by atoms with Crippen molar-refractivity contribution in [2.24, 2.45) is 5.73 Å². The number of carbonyl (C=O) groups is 3. The molecular formula is C36H37N5O4. The van der Waals surface area contributed by atoms with Crippen molar-refractivity contribution in [3.05, 3.63) is 108 Å². The summed E-state index contributed by atoms with van der Waals surface area (Å²) in [6, 6.07) is 29.3. The smallest absolute Gasteiger partial charge is 0.250 e. The molecule has 230 valence electrons. The van der Waals surface area contributed by atoms with Crippen LogP contribution in [0.25, 0.3) is 11.3 Å². The molecule has 2 fully saturated rings. The number of aromatic nitrogens is 1. The van der Waals surface area contributed by atoms with Crippen molar-refractivity contribution in [3.63, 3.8) is 0 Å². The van der Waals surface area contributed by atoms with Crippen LogP contribution in [-0.2, 0) is 16.1 Å². The molecule has 0 spiro atoms. The van der Waals surface area contributed by atoms with E-state index in [1.54, 1.807) is 6.07 Å². The normalized spacial score (nSPS) is 17.3. The van der Waals surface area contributed by atoms with Crippen LogP contribution in [0.1, 0.15) is 53.1 Å². The lowest BCUT2D eigenvalue weighted by Crippen LogP contribution is -2.43. The summed E-state index contributed by atoms with van der Waals surface area (Å²) in [5.41, 5.74) is 9.61. The number of benzene rings is 3. The zero-order chi connectivity index (χ0) is 31.3. The van der Waals surface area contributed by atoms with Gasteiger partial charge < -0.3 is 15.4 Å². The third kappa shape index (κ3) is 7.05. The van der Waals surface area contributed by atoms with Crippen LogP contribution in [0, 0.1) is 0 Å². The van der Waals surface area contributed by atoms with Crippen molar-refractivity contribution in [1.29, 1.82) is 0 Å². The minimum Gasteiger partial charge on any atom is -0.457 e. The second-order valence-corrected chi connectivity index (χ2v) is 11.7. The highest BCUT2D eigenvalue weighted by Crippen LogP contribution is 2.30. The molecule has 3 heterocycles. The van der Waals surface area contributed by atoms with E-state index in [1.165, 1.54) is 5.56 Å². The Bertz CT molecular complexity index is 1670. The van der Waals surface area contributed by atoms with Gasteiger partial charge in [0, 0.05) is 37.7 Å². The maximum absolute atomic E-state index is 12.3. The number of carbonyl (C=O) groups excluding carboxylic acids is 3. The molecule has 45 heavy (non-hydrogen) atoms. The van der Waals surface area contributed by atoms with Gasteiger partial charge in [0.05, 0.1) is 17.2 Å². The molecule has 4 aromatic rings. The fourth-order valence-electron chi connectivity index (χ4n) is 6.17. The maximum Gasteiger partial charge on any atom is 0.250 e. The van der Waals surface area contributed by atoms with E-state index in [0.717, 1.165) is 55.2 Å². The predicted molar refractivity (Wildman–Crippen MR) is 173 cm³/mol. The molecule has 0 bridgehead atoms. The van der Waals surface area contributed by atoms with E-state index in [1.807, 2.05) is 72.8 Å². The number of para-hydroxylation sites is 1. The maximum atomic E-state index is 12.3. The fraction of sp³-hybridized carbons (Fsp3) is 0.278. The molecule has 2 aliphatic rings. The quantitative estimate of drug-likeness (QED) is 0.251. The first-order chi connectivity index (χ1) is 21.8. The number of hydrogen-bond acceptors (Lipinski definition) is 7. The van der Waals surface area contributed by atoms with E-state index in [-0.39, 0.29) is 17.7 Å². The summed E-state index contributed by atoms with van der Waals surface area (Å²) >= 11 is 0. The number of ether oxygens (including phenoxy) is 1. The Balaban J connectivity index is 1.08. The fourth-order valence-corrected chi connectivity index (χ4v) is 6.17. The number of nitrogens with one attached hydrogen (secondary N) is 1. The summed E-state index contributed by atoms with van der Waals surface area (Å²) in [4.78, 5) is 45.6. The number of piperidine rings is 2. The highest BCUT2D eigenvalue weighted by atomic mass is 16.5. The van der Waals surface area contributed by atoms with Gasteiger partial charge in [-0.2, -0.15) is 0 Å². The van der Waals surface area contributed by atoms with Gasteiger partial charge in [0.2, 0.25) is 11.8 Å². The van der Waals surface area contributed by atoms with Crippen LogP contribution in [0.2, 0.25) is 0 Å². The lowest BCUT2D eigenvalue weighted by atomic mass is 9.90. The Morgan fingerprint density at radius 3 is 2.27 bits per heavy atom. The number of rotatable bonds is 9. The van der Waals surface area contributed by atoms with Crippen LogP contribution in [0.4, 0.5) is 5.82 Å². The minimum absolute atomic E-state index is 0.195. The van der Waals surface area contributed by atoms with Crippen molar-refractivity contribution in [3.8, 4) is 22.8 Å². The summed E-state index contributed by atoms with van der Waals surface area (Å²) in [5, 5.41) is 2.44. The minimum atomic E-state index is -0.515. The van der Waals surface area contributed by atoms with Crippen LogP contribution in [0.3, 0.4) is 0 Å². The lowest BCUT2D eigenvalue weighted by molar-refractivity contribution is -0.134. The predicted octanol–water partition coefficient (Wildman–Crippen LogP) is 5.26. The Kier molecular flexibility index (Phi) is 8.89. The average molecular weight is 604 g/mol. The molecular weight excluding hydrogens is 566 g/mol. The second kappa shape index (κ2) is 13.3. The van der Waals surface area contributed by atoms with E-state index >= 15 is 0 Å². The largest absolute Gasteiger partial charge is 0.457 e. The van der Waals surface area contributed by atoms with Gasteiger partial charge in [-0.15, -0.1) is 0 Å². The Morgan fingerprint density at radius 2 is 1.60 bits per heavy atom. The number of amides is 3. The van der Waals surface area contributed by atoms with Gasteiger partial charge in [0.1, 0.15) is 17.3 Å². The van der Waals surface area contributed by atoms with Crippen LogP contribution >= 0.6 is 0 Å². The molecule has 3 aromatic carbocycles. The summed E-state index contributed by atoms with van der Waals surface area (Å²) in [6.07, 6.45) is 2.89. The first-order valence-corrected chi connectivity index (χ1v) is 15.4. The van der Waals surface area contributed by atoms with Crippen molar-refractivity contribution in [2.75, 3.05) is 25.0 Å². The molecule has 9 heteroatoms. The van der Waals surface area contributed by atoms with Crippen LogP contribution < -0.4 is 20.7 Å². The molecule has 1 atom stereocenters. The number of anilines is 1. The Hall–Kier alpha value is -5.02. The van der Waals surface area contributed by atoms with Crippen molar-refractivity contribution in [1.82, 2.24) is 15.2 Å². The van der Waals surface area contributed by atoms with Gasteiger partial charge in [-0.25, -0.2) is 4.98 Å². The molecule has 0 saturated carbocycles. The second-order valence-electron chi connectivity index (χ2n) is 11.7. The van der Waals surface area contributed by atoms with E-state index < -0.39 is 5.91 Å². The molecule has 1 unspecified atom stereocenters. The number of hydrogen-bond donors (Lipinski definition) is 2. The molecule has 2 aliphatic heterocycles. The molecule has 6 rings (SSSR count). The first-order valence-electron chi connectivity index (χ1n) is 15.4. The summed E-state index contributed by atoms with van der Waals surface area (Å²) in [5.74, 6) is 1.08. The number of nitrogens with two attached hydrogens (primary N) is 1. The number of nitrogens with zero attached hydrogens (tertiary/aromatic N) is 3. The van der Waals surface area contributed by atoms with Gasteiger partial charge in [0.25, 0.3) is 5.91 Å². The monoisotopic (exact) mass is 603 g/mol. The first kappa shape index (κ1) is 30.0. The molecule has 0 aliphatic carbocycles. The van der Waals surface area contributed by atoms with E-state index in [2.05, 4.69) is 34.3 Å². The van der Waals surface area contributed by atoms with Gasteiger partial charge >= 0.3 is 0 Å². The standard InChI is InChI=1S/C36H37N5O4/c1-40(23-24-7-9-25(10-8-24)30-16-18-33(42)39-36(30)44)27-19-21-41(22-20-27)32-17-15-31(35(37)43)34(38-32)26-11-13-29(14-12-26)45-28-5-3-2-4-6-28/h2-15,17,27,30H,16,18-23H2,1H3,(H2,37,43)(H,39,42,44). The molecule has 3 amide bonds. The summed E-state index contributed by atoms with van der Waals surface area (Å²) < 4.78 is 5.92. The van der Waals surface area contributed by atoms with Gasteiger partial charge in [-0.1, -0.05) is 42.5 Å². The molecule has 1 aromatic heterocycles. The zero-order valence-electron chi connectivity index (χ0n) is 25.3. The molecule has 3 N–H and O–H groups in total. The topological polar surface area (TPSA) is 118 Å². The summed E-state index contributed by atoms with van der Waals surface area (Å²) in [6.45, 7) is 2.49. The number of imide groups is 1. The lowest BCUT2D eigenvalue weighted by Gasteiger charge is -2.37. The Morgan fingerprint density at radius 1 is 0.911 bits per heavy atom. The SMILES string of the molecule is CN(Cc1ccc(C2CCC(=O)NC2=O)cc1)C1CCN(c2ccc(C(N)=O)c(-c3ccc(Oc4ccccc4)cc3)n2)CC1. The van der Waals surface area contributed by atoms with Crippen molar-refractivity contribution >= 4 is 23.5 Å². The average Bonchev–Trinajstić information content (AvgIpc) is 3.06. The van der Waals surface area contributed by atoms with E-state index in [9.17, 15) is 14.4 Å². The zero-order valence-corrected chi connectivity index (χ0v) is 25.3. The Labute approximate surface area is 263 Å².